The summed E-state index contributed by atoms with van der Waals surface area (Å²) in [5, 5.41) is 12.3. The lowest BCUT2D eigenvalue weighted by atomic mass is 10.3. The zero-order valence-electron chi connectivity index (χ0n) is 7.28. The van der Waals surface area contributed by atoms with E-state index < -0.39 is 23.3 Å². The van der Waals surface area contributed by atoms with Gasteiger partial charge in [0.2, 0.25) is 0 Å². The van der Waals surface area contributed by atoms with Crippen LogP contribution in [-0.2, 0) is 0 Å². The fourth-order valence-electron chi connectivity index (χ4n) is 0.877. The van der Waals surface area contributed by atoms with Gasteiger partial charge in [0.15, 0.2) is 0 Å². The van der Waals surface area contributed by atoms with Gasteiger partial charge in [0, 0.05) is 6.20 Å². The van der Waals surface area contributed by atoms with Crippen molar-refractivity contribution in [2.24, 2.45) is 0 Å². The van der Waals surface area contributed by atoms with E-state index in [1.807, 2.05) is 5.32 Å². The molecule has 82 valence electrons. The van der Waals surface area contributed by atoms with Crippen LogP contribution in [0.1, 0.15) is 0 Å². The Kier molecular flexibility index (Phi) is 3.08. The maximum Gasteiger partial charge on any atom is 0.405 e. The molecule has 0 aliphatic rings. The fourth-order valence-corrected chi connectivity index (χ4v) is 0.877. The molecule has 1 aromatic heterocycles. The SMILES string of the molecule is O=[N+]([O-])c1cnccc1NCC(F)(F)F. The van der Waals surface area contributed by atoms with Crippen molar-refractivity contribution in [2.45, 2.75) is 6.18 Å². The minimum absolute atomic E-state index is 0.202. The second-order valence-electron chi connectivity index (χ2n) is 2.62. The van der Waals surface area contributed by atoms with Crippen LogP contribution < -0.4 is 5.32 Å². The zero-order valence-corrected chi connectivity index (χ0v) is 7.28. The molecule has 15 heavy (non-hydrogen) atoms. The number of nitrogens with zero attached hydrogens (tertiary/aromatic N) is 2. The lowest BCUT2D eigenvalue weighted by Gasteiger charge is -2.08. The number of anilines is 1. The van der Waals surface area contributed by atoms with Crippen molar-refractivity contribution in [1.29, 1.82) is 0 Å². The zero-order chi connectivity index (χ0) is 11.5. The standard InChI is InChI=1S/C7H6F3N3O2/c8-7(9,10)4-12-5-1-2-11-3-6(5)13(14)15/h1-3H,4H2,(H,11,12). The van der Waals surface area contributed by atoms with Crippen molar-refractivity contribution >= 4 is 11.4 Å². The van der Waals surface area contributed by atoms with Crippen molar-refractivity contribution < 1.29 is 18.1 Å². The molecular formula is C7H6F3N3O2. The first-order chi connectivity index (χ1) is 6.90. The van der Waals surface area contributed by atoms with Crippen LogP contribution in [0.25, 0.3) is 0 Å². The van der Waals surface area contributed by atoms with Gasteiger partial charge >= 0.3 is 11.9 Å². The maximum atomic E-state index is 11.8. The highest BCUT2D eigenvalue weighted by Gasteiger charge is 2.28. The lowest BCUT2D eigenvalue weighted by molar-refractivity contribution is -0.384. The van der Waals surface area contributed by atoms with Crippen molar-refractivity contribution in [3.8, 4) is 0 Å². The van der Waals surface area contributed by atoms with Crippen LogP contribution in [0.15, 0.2) is 18.5 Å². The Labute approximate surface area is 82.1 Å². The number of nitro groups is 1. The van der Waals surface area contributed by atoms with E-state index >= 15 is 0 Å². The summed E-state index contributed by atoms with van der Waals surface area (Å²) in [6.07, 6.45) is -2.36. The second kappa shape index (κ2) is 4.11. The molecule has 1 aromatic rings. The van der Waals surface area contributed by atoms with Gasteiger partial charge in [0.05, 0.1) is 4.92 Å². The molecule has 0 spiro atoms. The van der Waals surface area contributed by atoms with E-state index in [0.717, 1.165) is 12.3 Å². The van der Waals surface area contributed by atoms with Gasteiger partial charge < -0.3 is 5.32 Å². The molecule has 1 N–H and O–H groups in total. The van der Waals surface area contributed by atoms with Gasteiger partial charge in [-0.2, -0.15) is 13.2 Å². The third-order valence-corrected chi connectivity index (χ3v) is 1.48. The van der Waals surface area contributed by atoms with Crippen molar-refractivity contribution in [3.63, 3.8) is 0 Å². The fraction of sp³-hybridized carbons (Fsp3) is 0.286. The van der Waals surface area contributed by atoms with Gasteiger partial charge in [-0.25, -0.2) is 0 Å². The Morgan fingerprint density at radius 3 is 2.73 bits per heavy atom. The molecule has 8 heteroatoms. The lowest BCUT2D eigenvalue weighted by Crippen LogP contribution is -2.21. The molecule has 0 bridgehead atoms. The summed E-state index contributed by atoms with van der Waals surface area (Å²) in [5.74, 6) is 0. The van der Waals surface area contributed by atoms with E-state index in [9.17, 15) is 23.3 Å². The van der Waals surface area contributed by atoms with Crippen LogP contribution >= 0.6 is 0 Å². The van der Waals surface area contributed by atoms with Crippen LogP contribution in [0.5, 0.6) is 0 Å². The second-order valence-corrected chi connectivity index (χ2v) is 2.62. The first-order valence-corrected chi connectivity index (χ1v) is 3.79. The number of alkyl halides is 3. The van der Waals surface area contributed by atoms with Crippen LogP contribution in [0, 0.1) is 10.1 Å². The smallest absolute Gasteiger partial charge is 0.371 e. The van der Waals surface area contributed by atoms with Crippen molar-refractivity contribution in [2.75, 3.05) is 11.9 Å². The van der Waals surface area contributed by atoms with Gasteiger partial charge in [-0.1, -0.05) is 0 Å². The normalized spacial score (nSPS) is 11.1. The Morgan fingerprint density at radius 1 is 1.53 bits per heavy atom. The molecule has 1 rings (SSSR count). The van der Waals surface area contributed by atoms with Gasteiger partial charge in [-0.05, 0) is 6.07 Å². The third kappa shape index (κ3) is 3.41. The molecule has 0 radical (unpaired) electrons. The number of halogens is 3. The summed E-state index contributed by atoms with van der Waals surface area (Å²) in [6, 6.07) is 1.11. The number of hydrogen-bond acceptors (Lipinski definition) is 4. The van der Waals surface area contributed by atoms with E-state index in [1.54, 1.807) is 0 Å². The van der Waals surface area contributed by atoms with Crippen LogP contribution in [-0.4, -0.2) is 22.6 Å². The van der Waals surface area contributed by atoms with Crippen molar-refractivity contribution in [3.05, 3.63) is 28.6 Å². The van der Waals surface area contributed by atoms with Crippen molar-refractivity contribution in [1.82, 2.24) is 4.98 Å². The Bertz CT molecular complexity index is 367. The number of rotatable bonds is 3. The predicted molar refractivity (Wildman–Crippen MR) is 45.4 cm³/mol. The van der Waals surface area contributed by atoms with Crippen LogP contribution in [0.2, 0.25) is 0 Å². The Balaban J connectivity index is 2.81. The average Bonchev–Trinajstić information content (AvgIpc) is 2.14. The van der Waals surface area contributed by atoms with E-state index in [4.69, 9.17) is 0 Å². The van der Waals surface area contributed by atoms with Crippen LogP contribution in [0.3, 0.4) is 0 Å². The molecule has 0 fully saturated rings. The first-order valence-electron chi connectivity index (χ1n) is 3.79. The van der Waals surface area contributed by atoms with Gasteiger partial charge in [0.1, 0.15) is 18.4 Å². The summed E-state index contributed by atoms with van der Waals surface area (Å²) >= 11 is 0. The minimum Gasteiger partial charge on any atom is -0.371 e. The highest BCUT2D eigenvalue weighted by molar-refractivity contribution is 5.59. The highest BCUT2D eigenvalue weighted by Crippen LogP contribution is 2.23. The number of hydrogen-bond donors (Lipinski definition) is 1. The molecule has 5 nitrogen and oxygen atoms in total. The summed E-state index contributed by atoms with van der Waals surface area (Å²) in [6.45, 7) is -1.32. The first kappa shape index (κ1) is 11.2. The predicted octanol–water partition coefficient (Wildman–Crippen LogP) is 1.96. The summed E-state index contributed by atoms with van der Waals surface area (Å²) < 4.78 is 35.5. The number of pyridine rings is 1. The molecule has 0 atom stereocenters. The molecule has 0 unspecified atom stereocenters. The minimum atomic E-state index is -4.42. The molecule has 0 aliphatic carbocycles. The van der Waals surface area contributed by atoms with Gasteiger partial charge in [-0.15, -0.1) is 0 Å². The highest BCUT2D eigenvalue weighted by atomic mass is 19.4. The number of aromatic nitrogens is 1. The van der Waals surface area contributed by atoms with E-state index in [-0.39, 0.29) is 5.69 Å². The third-order valence-electron chi connectivity index (χ3n) is 1.48. The molecular weight excluding hydrogens is 215 g/mol. The van der Waals surface area contributed by atoms with Gasteiger partial charge in [-0.3, -0.25) is 15.1 Å². The number of nitrogens with one attached hydrogen (secondary N) is 1. The summed E-state index contributed by atoms with van der Waals surface area (Å²) in [5.41, 5.74) is -0.686. The quantitative estimate of drug-likeness (QED) is 0.625. The summed E-state index contributed by atoms with van der Waals surface area (Å²) in [4.78, 5) is 13.0. The molecule has 0 aromatic carbocycles. The molecule has 0 aliphatic heterocycles. The molecule has 0 amide bonds. The maximum absolute atomic E-state index is 11.8. The molecule has 0 saturated heterocycles. The van der Waals surface area contributed by atoms with Crippen LogP contribution in [0.4, 0.5) is 24.5 Å². The van der Waals surface area contributed by atoms with E-state index in [1.165, 1.54) is 6.20 Å². The molecule has 1 heterocycles. The Hall–Kier alpha value is -1.86. The topological polar surface area (TPSA) is 68.1 Å². The molecule has 0 saturated carbocycles. The van der Waals surface area contributed by atoms with E-state index in [2.05, 4.69) is 4.98 Å². The Morgan fingerprint density at radius 2 is 2.20 bits per heavy atom. The largest absolute Gasteiger partial charge is 0.405 e. The van der Waals surface area contributed by atoms with Gasteiger partial charge in [0.25, 0.3) is 0 Å². The monoisotopic (exact) mass is 221 g/mol. The summed E-state index contributed by atoms with van der Waals surface area (Å²) in [7, 11) is 0. The average molecular weight is 221 g/mol. The van der Waals surface area contributed by atoms with E-state index in [0.29, 0.717) is 0 Å².